The van der Waals surface area contributed by atoms with Crippen molar-refractivity contribution in [2.75, 3.05) is 5.32 Å². The number of halogens is 3. The number of anilines is 1. The smallest absolute Gasteiger partial charge is 0.366 e. The van der Waals surface area contributed by atoms with E-state index in [0.717, 1.165) is 6.07 Å². The third-order valence-corrected chi connectivity index (χ3v) is 3.75. The molecule has 0 saturated carbocycles. The van der Waals surface area contributed by atoms with Crippen LogP contribution in [0.2, 0.25) is 0 Å². The number of imidazole rings is 1. The zero-order chi connectivity index (χ0) is 16.8. The molecule has 3 rings (SSSR count). The monoisotopic (exact) mass is 322 g/mol. The first-order valence-electron chi connectivity index (χ1n) is 6.77. The average molecular weight is 322 g/mol. The number of primary amides is 1. The standard InChI is InChI=1S/C15H13F3N4O/c1-8-11(13(19)23)12(22-7-6-20-14(22)21-8)9-4-2-3-5-10(9)15(16,17)18/h2-7,12H,1H3,(H2,19,23)(H,20,21). The Kier molecular flexibility index (Phi) is 3.39. The first kappa shape index (κ1) is 15.1. The third-order valence-electron chi connectivity index (χ3n) is 3.75. The Morgan fingerprint density at radius 2 is 2.04 bits per heavy atom. The second kappa shape index (κ2) is 5.15. The molecule has 1 aliphatic rings. The summed E-state index contributed by atoms with van der Waals surface area (Å²) in [6.07, 6.45) is -1.59. The quantitative estimate of drug-likeness (QED) is 0.893. The van der Waals surface area contributed by atoms with Crippen LogP contribution in [-0.4, -0.2) is 15.5 Å². The van der Waals surface area contributed by atoms with Crippen LogP contribution in [0.25, 0.3) is 0 Å². The lowest BCUT2D eigenvalue weighted by atomic mass is 9.91. The fourth-order valence-corrected chi connectivity index (χ4v) is 2.82. The lowest BCUT2D eigenvalue weighted by Crippen LogP contribution is -2.32. The molecule has 1 atom stereocenters. The minimum atomic E-state index is -4.54. The van der Waals surface area contributed by atoms with E-state index in [1.54, 1.807) is 6.92 Å². The van der Waals surface area contributed by atoms with Gasteiger partial charge in [0, 0.05) is 18.1 Å². The van der Waals surface area contributed by atoms with Gasteiger partial charge in [0.25, 0.3) is 0 Å². The van der Waals surface area contributed by atoms with E-state index in [0.29, 0.717) is 11.6 Å². The number of aromatic nitrogens is 2. The van der Waals surface area contributed by atoms with Gasteiger partial charge in [0.15, 0.2) is 0 Å². The number of allylic oxidation sites excluding steroid dienone is 1. The summed E-state index contributed by atoms with van der Waals surface area (Å²) in [5.74, 6) is -0.425. The van der Waals surface area contributed by atoms with Gasteiger partial charge in [-0.25, -0.2) is 4.98 Å². The van der Waals surface area contributed by atoms with E-state index in [1.165, 1.54) is 35.2 Å². The molecule has 1 amide bonds. The van der Waals surface area contributed by atoms with Crippen LogP contribution in [-0.2, 0) is 11.0 Å². The van der Waals surface area contributed by atoms with E-state index >= 15 is 0 Å². The number of amides is 1. The zero-order valence-corrected chi connectivity index (χ0v) is 12.1. The number of alkyl halides is 3. The second-order valence-electron chi connectivity index (χ2n) is 5.17. The predicted molar refractivity (Wildman–Crippen MR) is 77.3 cm³/mol. The minimum Gasteiger partial charge on any atom is -0.366 e. The van der Waals surface area contributed by atoms with Gasteiger partial charge in [-0.15, -0.1) is 0 Å². The molecule has 0 aliphatic carbocycles. The van der Waals surface area contributed by atoms with E-state index in [4.69, 9.17) is 5.73 Å². The molecule has 0 radical (unpaired) electrons. The van der Waals surface area contributed by atoms with Crippen molar-refractivity contribution in [3.05, 3.63) is 59.1 Å². The zero-order valence-electron chi connectivity index (χ0n) is 12.1. The lowest BCUT2D eigenvalue weighted by Gasteiger charge is -2.30. The number of carbonyl (C=O) groups excluding carboxylic acids is 1. The normalized spacial score (nSPS) is 17.7. The highest BCUT2D eigenvalue weighted by Crippen LogP contribution is 2.41. The van der Waals surface area contributed by atoms with Gasteiger partial charge in [-0.1, -0.05) is 18.2 Å². The van der Waals surface area contributed by atoms with Gasteiger partial charge in [-0.3, -0.25) is 4.79 Å². The molecule has 120 valence electrons. The van der Waals surface area contributed by atoms with Crippen LogP contribution < -0.4 is 11.1 Å². The molecule has 1 aliphatic heterocycles. The van der Waals surface area contributed by atoms with Gasteiger partial charge in [0.1, 0.15) is 0 Å². The Morgan fingerprint density at radius 1 is 1.35 bits per heavy atom. The van der Waals surface area contributed by atoms with Gasteiger partial charge in [-0.2, -0.15) is 13.2 Å². The number of nitrogens with one attached hydrogen (secondary N) is 1. The van der Waals surface area contributed by atoms with Gasteiger partial charge >= 0.3 is 6.18 Å². The van der Waals surface area contributed by atoms with Gasteiger partial charge < -0.3 is 15.6 Å². The van der Waals surface area contributed by atoms with Gasteiger partial charge in [-0.05, 0) is 18.6 Å². The molecule has 1 aromatic carbocycles. The van der Waals surface area contributed by atoms with Crippen LogP contribution in [0.15, 0.2) is 47.9 Å². The summed E-state index contributed by atoms with van der Waals surface area (Å²) in [7, 11) is 0. The molecule has 2 aromatic rings. The second-order valence-corrected chi connectivity index (χ2v) is 5.17. The van der Waals surface area contributed by atoms with Crippen molar-refractivity contribution < 1.29 is 18.0 Å². The van der Waals surface area contributed by atoms with E-state index in [9.17, 15) is 18.0 Å². The summed E-state index contributed by atoms with van der Waals surface area (Å²) in [6.45, 7) is 1.58. The van der Waals surface area contributed by atoms with Gasteiger partial charge in [0.2, 0.25) is 11.9 Å². The summed E-state index contributed by atoms with van der Waals surface area (Å²) < 4.78 is 41.5. The van der Waals surface area contributed by atoms with E-state index in [-0.39, 0.29) is 11.1 Å². The van der Waals surface area contributed by atoms with E-state index in [2.05, 4.69) is 10.3 Å². The molecule has 3 N–H and O–H groups in total. The first-order chi connectivity index (χ1) is 10.8. The molecule has 2 heterocycles. The van der Waals surface area contributed by atoms with Crippen molar-refractivity contribution in [2.24, 2.45) is 5.73 Å². The third kappa shape index (κ3) is 2.45. The number of carbonyl (C=O) groups is 1. The summed E-state index contributed by atoms with van der Waals surface area (Å²) in [5.41, 5.74) is 5.03. The van der Waals surface area contributed by atoms with Crippen LogP contribution in [0.1, 0.15) is 24.1 Å². The summed E-state index contributed by atoms with van der Waals surface area (Å²) in [6, 6.07) is 4.16. The van der Waals surface area contributed by atoms with Gasteiger partial charge in [0.05, 0.1) is 17.2 Å². The van der Waals surface area contributed by atoms with E-state index < -0.39 is 23.7 Å². The highest BCUT2D eigenvalue weighted by atomic mass is 19.4. The van der Waals surface area contributed by atoms with Crippen LogP contribution >= 0.6 is 0 Å². The van der Waals surface area contributed by atoms with Crippen molar-refractivity contribution in [3.63, 3.8) is 0 Å². The molecule has 0 saturated heterocycles. The van der Waals surface area contributed by atoms with Crippen LogP contribution in [0.5, 0.6) is 0 Å². The number of hydrogen-bond acceptors (Lipinski definition) is 3. The van der Waals surface area contributed by atoms with Crippen LogP contribution in [0.3, 0.4) is 0 Å². The fourth-order valence-electron chi connectivity index (χ4n) is 2.82. The maximum Gasteiger partial charge on any atom is 0.416 e. The average Bonchev–Trinajstić information content (AvgIpc) is 2.92. The number of nitrogens with zero attached hydrogens (tertiary/aromatic N) is 2. The maximum absolute atomic E-state index is 13.4. The van der Waals surface area contributed by atoms with Crippen molar-refractivity contribution in [2.45, 2.75) is 19.1 Å². The molecule has 0 bridgehead atoms. The molecular formula is C15H13F3N4O. The number of fused-ring (bicyclic) bond motifs is 1. The van der Waals surface area contributed by atoms with Crippen molar-refractivity contribution in [1.29, 1.82) is 0 Å². The molecule has 0 fully saturated rings. The van der Waals surface area contributed by atoms with Crippen LogP contribution in [0, 0.1) is 0 Å². The van der Waals surface area contributed by atoms with Crippen molar-refractivity contribution in [3.8, 4) is 0 Å². The summed E-state index contributed by atoms with van der Waals surface area (Å²) in [4.78, 5) is 15.9. The predicted octanol–water partition coefficient (Wildman–Crippen LogP) is 2.68. The molecule has 0 spiro atoms. The van der Waals surface area contributed by atoms with Crippen molar-refractivity contribution in [1.82, 2.24) is 9.55 Å². The first-order valence-corrected chi connectivity index (χ1v) is 6.77. The molecule has 8 heteroatoms. The maximum atomic E-state index is 13.4. The number of nitrogens with two attached hydrogens (primary N) is 1. The largest absolute Gasteiger partial charge is 0.416 e. The SMILES string of the molecule is CC1=C(C(N)=O)C(c2ccccc2C(F)(F)F)n2ccnc2N1. The Hall–Kier alpha value is -2.77. The topological polar surface area (TPSA) is 72.9 Å². The molecule has 23 heavy (non-hydrogen) atoms. The van der Waals surface area contributed by atoms with E-state index in [1.807, 2.05) is 0 Å². The lowest BCUT2D eigenvalue weighted by molar-refractivity contribution is -0.138. The number of rotatable bonds is 2. The van der Waals surface area contributed by atoms with Crippen molar-refractivity contribution >= 4 is 11.9 Å². The Morgan fingerprint density at radius 3 is 2.70 bits per heavy atom. The number of hydrogen-bond donors (Lipinski definition) is 2. The van der Waals surface area contributed by atoms with Crippen LogP contribution in [0.4, 0.5) is 19.1 Å². The summed E-state index contributed by atoms with van der Waals surface area (Å²) in [5, 5.41) is 2.88. The molecule has 1 aromatic heterocycles. The highest BCUT2D eigenvalue weighted by Gasteiger charge is 2.39. The molecule has 1 unspecified atom stereocenters. The Labute approximate surface area is 129 Å². The summed E-state index contributed by atoms with van der Waals surface area (Å²) >= 11 is 0. The molecule has 5 nitrogen and oxygen atoms in total. The Bertz CT molecular complexity index is 807. The fraction of sp³-hybridized carbons (Fsp3) is 0.200. The highest BCUT2D eigenvalue weighted by molar-refractivity contribution is 5.95. The molecular weight excluding hydrogens is 309 g/mol. The minimum absolute atomic E-state index is 0.0473. The Balaban J connectivity index is 2.28. The number of benzene rings is 1.